The van der Waals surface area contributed by atoms with Crippen molar-refractivity contribution >= 4 is 17.7 Å². The van der Waals surface area contributed by atoms with Crippen molar-refractivity contribution in [1.29, 1.82) is 0 Å². The van der Waals surface area contributed by atoms with E-state index in [4.69, 9.17) is 4.74 Å². The van der Waals surface area contributed by atoms with Crippen molar-refractivity contribution in [2.45, 2.75) is 56.4 Å². The molecule has 1 aromatic rings. The highest BCUT2D eigenvalue weighted by atomic mass is 16.5. The van der Waals surface area contributed by atoms with E-state index >= 15 is 0 Å². The second kappa shape index (κ2) is 7.10. The molecule has 0 N–H and O–H groups in total. The number of rotatable bonds is 4. The maximum Gasteiger partial charge on any atom is 0.240 e. The van der Waals surface area contributed by atoms with E-state index in [1.807, 2.05) is 18.2 Å². The van der Waals surface area contributed by atoms with Crippen LogP contribution in [0.15, 0.2) is 24.3 Å². The summed E-state index contributed by atoms with van der Waals surface area (Å²) in [6, 6.07) is 7.59. The van der Waals surface area contributed by atoms with Crippen molar-refractivity contribution in [3.63, 3.8) is 0 Å². The molecule has 1 aromatic carbocycles. The Morgan fingerprint density at radius 3 is 2.37 bits per heavy atom. The Labute approximate surface area is 177 Å². The number of carbonyl (C=O) groups excluding carboxylic acids is 3. The molecule has 6 heteroatoms. The monoisotopic (exact) mass is 410 g/mol. The molecule has 3 unspecified atom stereocenters. The molecule has 3 amide bonds. The first-order chi connectivity index (χ1) is 14.4. The number of hydrogen-bond acceptors (Lipinski definition) is 4. The number of fused-ring (bicyclic) bond motifs is 1. The van der Waals surface area contributed by atoms with Gasteiger partial charge >= 0.3 is 0 Å². The fourth-order valence-corrected chi connectivity index (χ4v) is 6.82. The summed E-state index contributed by atoms with van der Waals surface area (Å²) in [5.74, 6) is 2.09. The Hall–Kier alpha value is -2.37. The number of imide groups is 1. The molecule has 5 aliphatic rings. The van der Waals surface area contributed by atoms with Gasteiger partial charge in [0, 0.05) is 38.0 Å². The molecule has 0 radical (unpaired) electrons. The molecule has 2 saturated carbocycles. The lowest BCUT2D eigenvalue weighted by atomic mass is 9.68. The van der Waals surface area contributed by atoms with E-state index in [0.29, 0.717) is 17.2 Å². The van der Waals surface area contributed by atoms with Crippen molar-refractivity contribution < 1.29 is 19.1 Å². The third kappa shape index (κ3) is 2.95. The van der Waals surface area contributed by atoms with E-state index in [2.05, 4.69) is 4.90 Å². The first kappa shape index (κ1) is 19.6. The van der Waals surface area contributed by atoms with E-state index < -0.39 is 5.41 Å². The number of hydrogen-bond donors (Lipinski definition) is 0. The summed E-state index contributed by atoms with van der Waals surface area (Å²) in [5, 5.41) is 0. The van der Waals surface area contributed by atoms with Gasteiger partial charge in [-0.3, -0.25) is 19.3 Å². The number of amides is 3. The highest BCUT2D eigenvalue weighted by Gasteiger charge is 2.55. The van der Waals surface area contributed by atoms with Crippen molar-refractivity contribution in [1.82, 2.24) is 9.80 Å². The zero-order valence-electron chi connectivity index (χ0n) is 17.8. The Balaban J connectivity index is 1.50. The number of benzene rings is 1. The summed E-state index contributed by atoms with van der Waals surface area (Å²) in [4.78, 5) is 42.9. The predicted molar refractivity (Wildman–Crippen MR) is 111 cm³/mol. The molecule has 6 nitrogen and oxygen atoms in total. The van der Waals surface area contributed by atoms with E-state index in [-0.39, 0.29) is 36.6 Å². The van der Waals surface area contributed by atoms with Crippen molar-refractivity contribution in [2.75, 3.05) is 20.7 Å². The van der Waals surface area contributed by atoms with Crippen LogP contribution in [0, 0.1) is 17.8 Å². The zero-order chi connectivity index (χ0) is 21.0. The van der Waals surface area contributed by atoms with Gasteiger partial charge in [-0.05, 0) is 55.9 Å². The SMILES string of the molecule is COc1ccccc1C1(CC(=O)N2CC3CC4CC(C3)CC2C4)CC(=O)N(C)C1=O. The Bertz CT molecular complexity index is 885. The van der Waals surface area contributed by atoms with E-state index in [1.165, 1.54) is 31.2 Å². The third-order valence-electron chi connectivity index (χ3n) is 8.04. The van der Waals surface area contributed by atoms with E-state index in [9.17, 15) is 14.4 Å². The van der Waals surface area contributed by atoms with Crippen molar-refractivity contribution in [3.8, 4) is 5.75 Å². The summed E-state index contributed by atoms with van der Waals surface area (Å²) in [5.41, 5.74) is -0.539. The largest absolute Gasteiger partial charge is 0.496 e. The van der Waals surface area contributed by atoms with Gasteiger partial charge in [0.1, 0.15) is 5.75 Å². The van der Waals surface area contributed by atoms with Crippen LogP contribution in [0.2, 0.25) is 0 Å². The van der Waals surface area contributed by atoms with Gasteiger partial charge in [0.15, 0.2) is 0 Å². The number of likely N-dealkylation sites (tertiary alicyclic amines) is 1. The van der Waals surface area contributed by atoms with Crippen LogP contribution in [0.25, 0.3) is 0 Å². The second-order valence-electron chi connectivity index (χ2n) is 9.87. The lowest BCUT2D eigenvalue weighted by Crippen LogP contribution is -2.47. The molecule has 2 aliphatic carbocycles. The van der Waals surface area contributed by atoms with Crippen molar-refractivity contribution in [2.24, 2.45) is 17.8 Å². The Kier molecular flexibility index (Phi) is 4.64. The van der Waals surface area contributed by atoms with Crippen LogP contribution < -0.4 is 4.74 Å². The van der Waals surface area contributed by atoms with Gasteiger partial charge in [-0.1, -0.05) is 18.2 Å². The molecular formula is C24H30N2O4. The summed E-state index contributed by atoms with van der Waals surface area (Å²) >= 11 is 0. The van der Waals surface area contributed by atoms with Gasteiger partial charge in [0.05, 0.1) is 12.5 Å². The molecule has 3 atom stereocenters. The summed E-state index contributed by atoms with van der Waals surface area (Å²) < 4.78 is 5.53. The smallest absolute Gasteiger partial charge is 0.240 e. The number of nitrogens with zero attached hydrogens (tertiary/aromatic N) is 2. The number of para-hydroxylation sites is 1. The molecule has 4 bridgehead atoms. The number of methoxy groups -OCH3 is 1. The van der Waals surface area contributed by atoms with Crippen LogP contribution in [0.5, 0.6) is 5.75 Å². The maximum atomic E-state index is 13.7. The van der Waals surface area contributed by atoms with Crippen LogP contribution in [0.3, 0.4) is 0 Å². The van der Waals surface area contributed by atoms with Gasteiger partial charge < -0.3 is 9.64 Å². The predicted octanol–water partition coefficient (Wildman–Crippen LogP) is 2.75. The minimum Gasteiger partial charge on any atom is -0.496 e. The van der Waals surface area contributed by atoms with Crippen LogP contribution in [-0.2, 0) is 19.8 Å². The lowest BCUT2D eigenvalue weighted by Gasteiger charge is -2.39. The Morgan fingerprint density at radius 1 is 1.07 bits per heavy atom. The third-order valence-corrected chi connectivity index (χ3v) is 8.04. The molecule has 6 rings (SSSR count). The fourth-order valence-electron chi connectivity index (χ4n) is 6.82. The quantitative estimate of drug-likeness (QED) is 0.716. The lowest BCUT2D eigenvalue weighted by molar-refractivity contribution is -0.142. The fraction of sp³-hybridized carbons (Fsp3) is 0.625. The first-order valence-electron chi connectivity index (χ1n) is 11.1. The van der Waals surface area contributed by atoms with Crippen LogP contribution >= 0.6 is 0 Å². The van der Waals surface area contributed by atoms with Gasteiger partial charge in [-0.25, -0.2) is 0 Å². The van der Waals surface area contributed by atoms with E-state index in [1.54, 1.807) is 13.2 Å². The second-order valence-corrected chi connectivity index (χ2v) is 9.87. The normalized spacial score (nSPS) is 35.1. The molecule has 160 valence electrons. The van der Waals surface area contributed by atoms with Crippen LogP contribution in [-0.4, -0.2) is 54.3 Å². The van der Waals surface area contributed by atoms with Crippen molar-refractivity contribution in [3.05, 3.63) is 29.8 Å². The molecule has 3 heterocycles. The molecule has 30 heavy (non-hydrogen) atoms. The Morgan fingerprint density at radius 2 is 1.73 bits per heavy atom. The van der Waals surface area contributed by atoms with Gasteiger partial charge in [-0.15, -0.1) is 0 Å². The first-order valence-corrected chi connectivity index (χ1v) is 11.1. The van der Waals surface area contributed by atoms with Crippen LogP contribution in [0.4, 0.5) is 0 Å². The average molecular weight is 411 g/mol. The molecule has 3 aliphatic heterocycles. The maximum absolute atomic E-state index is 13.7. The number of likely N-dealkylation sites (N-methyl/N-ethyl adjacent to an activating group) is 1. The zero-order valence-corrected chi connectivity index (χ0v) is 17.8. The highest BCUT2D eigenvalue weighted by Crippen LogP contribution is 2.49. The topological polar surface area (TPSA) is 66.9 Å². The molecule has 3 saturated heterocycles. The van der Waals surface area contributed by atoms with E-state index in [0.717, 1.165) is 31.2 Å². The summed E-state index contributed by atoms with van der Waals surface area (Å²) in [6.07, 6.45) is 6.00. The molecule has 0 spiro atoms. The molecular weight excluding hydrogens is 380 g/mol. The molecule has 5 fully saturated rings. The van der Waals surface area contributed by atoms with Gasteiger partial charge in [-0.2, -0.15) is 0 Å². The minimum absolute atomic E-state index is 0.00977. The summed E-state index contributed by atoms with van der Waals surface area (Å²) in [6.45, 7) is 0.802. The minimum atomic E-state index is -1.18. The highest BCUT2D eigenvalue weighted by molar-refractivity contribution is 6.10. The summed E-state index contributed by atoms with van der Waals surface area (Å²) in [7, 11) is 3.07. The molecule has 0 aromatic heterocycles. The number of ether oxygens (including phenoxy) is 1. The van der Waals surface area contributed by atoms with Crippen LogP contribution in [0.1, 0.15) is 50.5 Å². The number of carbonyl (C=O) groups is 3. The average Bonchev–Trinajstić information content (AvgIpc) is 2.84. The van der Waals surface area contributed by atoms with Gasteiger partial charge in [0.2, 0.25) is 17.7 Å². The standard InChI is InChI=1S/C24H30N2O4/c1-25-21(27)12-24(23(25)29,19-5-3-4-6-20(19)30-2)13-22(28)26-14-17-8-15-7-16(9-17)11-18(26)10-15/h3-6,15-18H,7-14H2,1-2H3. The van der Waals surface area contributed by atoms with Gasteiger partial charge in [0.25, 0.3) is 0 Å².